The molecule has 1 amide bonds. The molecule has 0 bridgehead atoms. The average molecular weight is 376 g/mol. The Morgan fingerprint density at radius 2 is 1.81 bits per heavy atom. The SMILES string of the molecule is Cc1ccn(-c2ccc(Nc3ccc(NC(=O)c4cccs4)cc3)nn2)n1. The van der Waals surface area contributed by atoms with E-state index >= 15 is 0 Å². The molecule has 1 aromatic carbocycles. The Morgan fingerprint density at radius 1 is 1.00 bits per heavy atom. The van der Waals surface area contributed by atoms with E-state index in [4.69, 9.17) is 0 Å². The summed E-state index contributed by atoms with van der Waals surface area (Å²) < 4.78 is 1.68. The van der Waals surface area contributed by atoms with Gasteiger partial charge in [0.15, 0.2) is 11.6 Å². The second kappa shape index (κ2) is 7.38. The molecular weight excluding hydrogens is 360 g/mol. The number of aryl methyl sites for hydroxylation is 1. The van der Waals surface area contributed by atoms with Crippen LogP contribution in [0.5, 0.6) is 0 Å². The molecule has 0 spiro atoms. The maximum atomic E-state index is 12.1. The minimum Gasteiger partial charge on any atom is -0.339 e. The maximum absolute atomic E-state index is 12.1. The molecular formula is C19H16N6OS. The molecule has 0 aliphatic rings. The first kappa shape index (κ1) is 16.9. The van der Waals surface area contributed by atoms with Crippen LogP contribution >= 0.6 is 11.3 Å². The lowest BCUT2D eigenvalue weighted by Gasteiger charge is -2.08. The number of hydrogen-bond donors (Lipinski definition) is 2. The molecule has 8 heteroatoms. The van der Waals surface area contributed by atoms with Crippen LogP contribution in [0.15, 0.2) is 66.2 Å². The number of hydrogen-bond acceptors (Lipinski definition) is 6. The summed E-state index contributed by atoms with van der Waals surface area (Å²) in [5.74, 6) is 1.17. The molecule has 4 aromatic rings. The van der Waals surface area contributed by atoms with Crippen LogP contribution in [0.1, 0.15) is 15.4 Å². The fourth-order valence-corrected chi connectivity index (χ4v) is 3.06. The van der Waals surface area contributed by atoms with Gasteiger partial charge >= 0.3 is 0 Å². The maximum Gasteiger partial charge on any atom is 0.265 e. The minimum absolute atomic E-state index is 0.110. The van der Waals surface area contributed by atoms with Gasteiger partial charge in [-0.3, -0.25) is 4.79 Å². The molecule has 0 aliphatic heterocycles. The van der Waals surface area contributed by atoms with Crippen LogP contribution in [0.3, 0.4) is 0 Å². The molecule has 3 aromatic heterocycles. The Hall–Kier alpha value is -3.52. The Kier molecular flexibility index (Phi) is 4.63. The lowest BCUT2D eigenvalue weighted by atomic mass is 10.2. The molecule has 0 fully saturated rings. The fraction of sp³-hybridized carbons (Fsp3) is 0.0526. The van der Waals surface area contributed by atoms with E-state index in [1.165, 1.54) is 11.3 Å². The summed E-state index contributed by atoms with van der Waals surface area (Å²) in [5, 5.41) is 20.6. The third-order valence-corrected chi connectivity index (χ3v) is 4.64. The predicted octanol–water partition coefficient (Wildman–Crippen LogP) is 4.03. The van der Waals surface area contributed by atoms with Crippen LogP contribution in [0.2, 0.25) is 0 Å². The number of amides is 1. The van der Waals surface area contributed by atoms with Crippen LogP contribution < -0.4 is 10.6 Å². The van der Waals surface area contributed by atoms with Crippen molar-refractivity contribution in [2.24, 2.45) is 0 Å². The van der Waals surface area contributed by atoms with E-state index in [1.54, 1.807) is 10.7 Å². The first-order chi connectivity index (χ1) is 13.2. The molecule has 27 heavy (non-hydrogen) atoms. The van der Waals surface area contributed by atoms with Gasteiger partial charge in [-0.25, -0.2) is 4.68 Å². The van der Waals surface area contributed by atoms with Gasteiger partial charge in [0.2, 0.25) is 0 Å². The lowest BCUT2D eigenvalue weighted by Crippen LogP contribution is -2.09. The smallest absolute Gasteiger partial charge is 0.265 e. The average Bonchev–Trinajstić information content (AvgIpc) is 3.36. The first-order valence-electron chi connectivity index (χ1n) is 8.26. The van der Waals surface area contributed by atoms with Gasteiger partial charge < -0.3 is 10.6 Å². The van der Waals surface area contributed by atoms with Gasteiger partial charge in [0.05, 0.1) is 10.6 Å². The highest BCUT2D eigenvalue weighted by molar-refractivity contribution is 7.12. The lowest BCUT2D eigenvalue weighted by molar-refractivity contribution is 0.103. The zero-order valence-electron chi connectivity index (χ0n) is 14.5. The molecule has 7 nitrogen and oxygen atoms in total. The van der Waals surface area contributed by atoms with Gasteiger partial charge in [0.25, 0.3) is 5.91 Å². The molecule has 0 saturated heterocycles. The van der Waals surface area contributed by atoms with Crippen LogP contribution in [0.4, 0.5) is 17.2 Å². The summed E-state index contributed by atoms with van der Waals surface area (Å²) in [7, 11) is 0. The summed E-state index contributed by atoms with van der Waals surface area (Å²) in [6.07, 6.45) is 1.84. The van der Waals surface area contributed by atoms with Crippen molar-refractivity contribution in [3.63, 3.8) is 0 Å². The third kappa shape index (κ3) is 4.01. The topological polar surface area (TPSA) is 84.7 Å². The first-order valence-corrected chi connectivity index (χ1v) is 9.14. The molecule has 2 N–H and O–H groups in total. The van der Waals surface area contributed by atoms with E-state index in [0.29, 0.717) is 16.5 Å². The second-order valence-corrected chi connectivity index (χ2v) is 6.76. The van der Waals surface area contributed by atoms with Gasteiger partial charge in [-0.15, -0.1) is 21.5 Å². The quantitative estimate of drug-likeness (QED) is 0.549. The monoisotopic (exact) mass is 376 g/mol. The number of carbonyl (C=O) groups excluding carboxylic acids is 1. The van der Waals surface area contributed by atoms with E-state index in [2.05, 4.69) is 25.9 Å². The highest BCUT2D eigenvalue weighted by Crippen LogP contribution is 2.19. The van der Waals surface area contributed by atoms with Crippen molar-refractivity contribution in [1.29, 1.82) is 0 Å². The van der Waals surface area contributed by atoms with E-state index in [-0.39, 0.29) is 5.91 Å². The summed E-state index contributed by atoms with van der Waals surface area (Å²) >= 11 is 1.41. The largest absolute Gasteiger partial charge is 0.339 e. The Balaban J connectivity index is 1.40. The Bertz CT molecular complexity index is 1040. The van der Waals surface area contributed by atoms with Crippen molar-refractivity contribution in [3.8, 4) is 5.82 Å². The highest BCUT2D eigenvalue weighted by Gasteiger charge is 2.07. The number of benzene rings is 1. The highest BCUT2D eigenvalue weighted by atomic mass is 32.1. The predicted molar refractivity (Wildman–Crippen MR) is 106 cm³/mol. The fourth-order valence-electron chi connectivity index (χ4n) is 2.44. The van der Waals surface area contributed by atoms with E-state index in [1.807, 2.05) is 67.0 Å². The number of nitrogens with zero attached hydrogens (tertiary/aromatic N) is 4. The van der Waals surface area contributed by atoms with Crippen molar-refractivity contribution in [1.82, 2.24) is 20.0 Å². The van der Waals surface area contributed by atoms with Crippen molar-refractivity contribution < 1.29 is 4.79 Å². The molecule has 0 saturated carbocycles. The van der Waals surface area contributed by atoms with Gasteiger partial charge in [0.1, 0.15) is 0 Å². The van der Waals surface area contributed by atoms with Crippen molar-refractivity contribution in [2.75, 3.05) is 10.6 Å². The number of carbonyl (C=O) groups is 1. The molecule has 0 atom stereocenters. The van der Waals surface area contributed by atoms with Crippen LogP contribution in [0, 0.1) is 6.92 Å². The van der Waals surface area contributed by atoms with Crippen molar-refractivity contribution in [2.45, 2.75) is 6.92 Å². The molecule has 134 valence electrons. The van der Waals surface area contributed by atoms with Gasteiger partial charge in [0, 0.05) is 17.6 Å². The van der Waals surface area contributed by atoms with Crippen LogP contribution in [0.25, 0.3) is 5.82 Å². The van der Waals surface area contributed by atoms with Gasteiger partial charge in [-0.1, -0.05) is 6.07 Å². The normalized spacial score (nSPS) is 10.6. The minimum atomic E-state index is -0.110. The molecule has 0 radical (unpaired) electrons. The van der Waals surface area contributed by atoms with Crippen LogP contribution in [-0.4, -0.2) is 25.9 Å². The number of aromatic nitrogens is 4. The van der Waals surface area contributed by atoms with E-state index < -0.39 is 0 Å². The van der Waals surface area contributed by atoms with E-state index in [9.17, 15) is 4.79 Å². The third-order valence-electron chi connectivity index (χ3n) is 3.77. The number of anilines is 3. The van der Waals surface area contributed by atoms with E-state index in [0.717, 1.165) is 17.1 Å². The molecule has 0 aliphatic carbocycles. The standard InChI is InChI=1S/C19H16N6OS/c1-13-10-11-25(24-13)18-9-8-17(22-23-18)20-14-4-6-15(7-5-14)21-19(26)16-3-2-12-27-16/h2-12H,1H3,(H,20,22)(H,21,26). The van der Waals surface area contributed by atoms with Crippen molar-refractivity contribution >= 4 is 34.4 Å². The summed E-state index contributed by atoms with van der Waals surface area (Å²) in [6, 6.07) is 16.7. The Morgan fingerprint density at radius 3 is 2.44 bits per heavy atom. The number of thiophene rings is 1. The second-order valence-electron chi connectivity index (χ2n) is 5.81. The van der Waals surface area contributed by atoms with Gasteiger partial charge in [-0.2, -0.15) is 5.10 Å². The molecule has 0 unspecified atom stereocenters. The zero-order valence-corrected chi connectivity index (χ0v) is 15.3. The summed E-state index contributed by atoms with van der Waals surface area (Å²) in [4.78, 5) is 12.7. The summed E-state index contributed by atoms with van der Waals surface area (Å²) in [5.41, 5.74) is 2.50. The molecule has 4 rings (SSSR count). The van der Waals surface area contributed by atoms with Crippen molar-refractivity contribution in [3.05, 3.63) is 76.7 Å². The van der Waals surface area contributed by atoms with Gasteiger partial charge in [-0.05, 0) is 60.8 Å². The number of rotatable bonds is 5. The van der Waals surface area contributed by atoms with Crippen LogP contribution in [-0.2, 0) is 0 Å². The molecule has 3 heterocycles. The zero-order chi connectivity index (χ0) is 18.6. The Labute approximate surface area is 159 Å². The summed E-state index contributed by atoms with van der Waals surface area (Å²) in [6.45, 7) is 1.92. The number of nitrogens with one attached hydrogen (secondary N) is 2.